The molecule has 0 N–H and O–H groups in total. The van der Waals surface area contributed by atoms with E-state index >= 15 is 0 Å². The summed E-state index contributed by atoms with van der Waals surface area (Å²) in [7, 11) is 0. The molecule has 3 aromatic rings. The molecule has 0 amide bonds. The van der Waals surface area contributed by atoms with Crippen LogP contribution < -0.4 is 0 Å². The van der Waals surface area contributed by atoms with Gasteiger partial charge in [-0.3, -0.25) is 0 Å². The van der Waals surface area contributed by atoms with Crippen LogP contribution in [0.3, 0.4) is 0 Å². The molecule has 0 aliphatic carbocycles. The van der Waals surface area contributed by atoms with E-state index < -0.39 is 17.8 Å². The van der Waals surface area contributed by atoms with E-state index in [1.165, 1.54) is 11.3 Å². The number of halogens is 3. The SMILES string of the molecule is CCCCOC(=O)c1cnn2c(C(F)(F)F)cc(-c3cccs3)nc12. The van der Waals surface area contributed by atoms with E-state index in [9.17, 15) is 18.0 Å². The van der Waals surface area contributed by atoms with Crippen LogP contribution in [0.25, 0.3) is 16.2 Å². The van der Waals surface area contributed by atoms with Crippen LogP contribution in [-0.4, -0.2) is 27.2 Å². The van der Waals surface area contributed by atoms with Crippen molar-refractivity contribution >= 4 is 23.0 Å². The predicted molar refractivity (Wildman–Crippen MR) is 86.5 cm³/mol. The molecule has 0 saturated carbocycles. The number of esters is 1. The van der Waals surface area contributed by atoms with E-state index in [1.807, 2.05) is 6.92 Å². The summed E-state index contributed by atoms with van der Waals surface area (Å²) < 4.78 is 45.9. The second-order valence-corrected chi connectivity index (χ2v) is 6.23. The molecule has 0 unspecified atom stereocenters. The number of carbonyl (C=O) groups excluding carboxylic acids is 1. The van der Waals surface area contributed by atoms with Gasteiger partial charge in [-0.15, -0.1) is 11.3 Å². The number of nitrogens with zero attached hydrogens (tertiary/aromatic N) is 3. The fraction of sp³-hybridized carbons (Fsp3) is 0.312. The molecule has 3 heterocycles. The average molecular weight is 369 g/mol. The number of hydrogen-bond acceptors (Lipinski definition) is 5. The first-order chi connectivity index (χ1) is 11.9. The van der Waals surface area contributed by atoms with Gasteiger partial charge >= 0.3 is 12.1 Å². The summed E-state index contributed by atoms with van der Waals surface area (Å²) in [6, 6.07) is 4.31. The number of thiophene rings is 1. The van der Waals surface area contributed by atoms with Crippen molar-refractivity contribution in [3.8, 4) is 10.6 Å². The first-order valence-corrected chi connectivity index (χ1v) is 8.46. The lowest BCUT2D eigenvalue weighted by Gasteiger charge is -2.10. The van der Waals surface area contributed by atoms with Crippen LogP contribution in [0.5, 0.6) is 0 Å². The van der Waals surface area contributed by atoms with Gasteiger partial charge in [-0.05, 0) is 23.9 Å². The lowest BCUT2D eigenvalue weighted by Crippen LogP contribution is -2.14. The molecule has 0 bridgehead atoms. The third kappa shape index (κ3) is 3.51. The lowest BCUT2D eigenvalue weighted by atomic mass is 10.2. The highest BCUT2D eigenvalue weighted by molar-refractivity contribution is 7.13. The summed E-state index contributed by atoms with van der Waals surface area (Å²) in [5, 5.41) is 5.43. The summed E-state index contributed by atoms with van der Waals surface area (Å²) in [6.45, 7) is 2.14. The third-order valence-electron chi connectivity index (χ3n) is 3.49. The van der Waals surface area contributed by atoms with Crippen molar-refractivity contribution in [3.63, 3.8) is 0 Å². The zero-order valence-corrected chi connectivity index (χ0v) is 14.0. The molecule has 25 heavy (non-hydrogen) atoms. The summed E-state index contributed by atoms with van der Waals surface area (Å²) in [4.78, 5) is 16.9. The Hall–Kier alpha value is -2.42. The van der Waals surface area contributed by atoms with Crippen molar-refractivity contribution in [1.82, 2.24) is 14.6 Å². The van der Waals surface area contributed by atoms with Crippen LogP contribution in [0.15, 0.2) is 29.8 Å². The second-order valence-electron chi connectivity index (χ2n) is 5.28. The molecule has 0 saturated heterocycles. The highest BCUT2D eigenvalue weighted by Gasteiger charge is 2.36. The van der Waals surface area contributed by atoms with Gasteiger partial charge in [0.2, 0.25) is 0 Å². The van der Waals surface area contributed by atoms with Gasteiger partial charge in [0.1, 0.15) is 5.56 Å². The van der Waals surface area contributed by atoms with E-state index in [0.717, 1.165) is 18.7 Å². The molecular formula is C16H14F3N3O2S. The molecule has 0 aliphatic heterocycles. The summed E-state index contributed by atoms with van der Waals surface area (Å²) in [6.07, 6.45) is -2.07. The largest absolute Gasteiger partial charge is 0.462 e. The molecule has 0 fully saturated rings. The molecule has 0 atom stereocenters. The Kier molecular flexibility index (Phi) is 4.76. The van der Waals surface area contributed by atoms with E-state index in [0.29, 0.717) is 15.8 Å². The van der Waals surface area contributed by atoms with Crippen LogP contribution in [0.4, 0.5) is 13.2 Å². The van der Waals surface area contributed by atoms with E-state index in [-0.39, 0.29) is 23.5 Å². The maximum absolute atomic E-state index is 13.4. The fourth-order valence-corrected chi connectivity index (χ4v) is 2.93. The number of alkyl halides is 3. The number of fused-ring (bicyclic) bond motifs is 1. The van der Waals surface area contributed by atoms with Crippen LogP contribution >= 0.6 is 11.3 Å². The standard InChI is InChI=1S/C16H14F3N3O2S/c1-2-3-6-24-15(23)10-9-20-22-13(16(17,18)19)8-11(21-14(10)22)12-5-4-7-25-12/h4-5,7-9H,2-3,6H2,1H3. The monoisotopic (exact) mass is 369 g/mol. The zero-order chi connectivity index (χ0) is 18.0. The normalized spacial score (nSPS) is 11.8. The topological polar surface area (TPSA) is 56.5 Å². The van der Waals surface area contributed by atoms with Crippen molar-refractivity contribution in [3.05, 3.63) is 41.0 Å². The van der Waals surface area contributed by atoms with Gasteiger partial charge in [0.15, 0.2) is 11.3 Å². The fourth-order valence-electron chi connectivity index (χ4n) is 2.25. The van der Waals surface area contributed by atoms with Gasteiger partial charge in [0, 0.05) is 0 Å². The van der Waals surface area contributed by atoms with Crippen molar-refractivity contribution < 1.29 is 22.7 Å². The number of hydrogen-bond donors (Lipinski definition) is 0. The number of aromatic nitrogens is 3. The number of unbranched alkanes of at least 4 members (excludes halogenated alkanes) is 1. The van der Waals surface area contributed by atoms with Crippen molar-refractivity contribution in [2.75, 3.05) is 6.61 Å². The number of rotatable bonds is 5. The molecule has 0 radical (unpaired) electrons. The van der Waals surface area contributed by atoms with E-state index in [4.69, 9.17) is 4.74 Å². The Morgan fingerprint density at radius 1 is 1.40 bits per heavy atom. The quantitative estimate of drug-likeness (QED) is 0.493. The minimum Gasteiger partial charge on any atom is -0.462 e. The van der Waals surface area contributed by atoms with Gasteiger partial charge in [0.05, 0.1) is 23.4 Å². The predicted octanol–water partition coefficient (Wildman–Crippen LogP) is 4.43. The Balaban J connectivity index is 2.12. The van der Waals surface area contributed by atoms with Crippen LogP contribution in [0.1, 0.15) is 35.8 Å². The Morgan fingerprint density at radius 2 is 2.20 bits per heavy atom. The molecule has 3 aromatic heterocycles. The molecule has 3 rings (SSSR count). The lowest BCUT2D eigenvalue weighted by molar-refractivity contribution is -0.142. The third-order valence-corrected chi connectivity index (χ3v) is 4.38. The molecular weight excluding hydrogens is 355 g/mol. The number of carbonyl (C=O) groups is 1. The zero-order valence-electron chi connectivity index (χ0n) is 13.2. The minimum absolute atomic E-state index is 0.0833. The molecule has 5 nitrogen and oxygen atoms in total. The first kappa shape index (κ1) is 17.4. The van der Waals surface area contributed by atoms with Crippen LogP contribution in [0.2, 0.25) is 0 Å². The van der Waals surface area contributed by atoms with Crippen molar-refractivity contribution in [2.24, 2.45) is 0 Å². The maximum Gasteiger partial charge on any atom is 0.433 e. The molecule has 0 spiro atoms. The Labute approximate surface area is 145 Å². The summed E-state index contributed by atoms with van der Waals surface area (Å²) in [5.41, 5.74) is -1.11. The molecule has 9 heteroatoms. The molecule has 132 valence electrons. The average Bonchev–Trinajstić information content (AvgIpc) is 3.22. The second kappa shape index (κ2) is 6.83. The van der Waals surface area contributed by atoms with Gasteiger partial charge < -0.3 is 4.74 Å². The number of ether oxygens (including phenoxy) is 1. The van der Waals surface area contributed by atoms with E-state index in [2.05, 4.69) is 10.1 Å². The first-order valence-electron chi connectivity index (χ1n) is 7.58. The molecule has 0 aliphatic rings. The van der Waals surface area contributed by atoms with Gasteiger partial charge in [0.25, 0.3) is 0 Å². The molecule has 0 aromatic carbocycles. The highest BCUT2D eigenvalue weighted by atomic mass is 32.1. The van der Waals surface area contributed by atoms with E-state index in [1.54, 1.807) is 17.5 Å². The highest BCUT2D eigenvalue weighted by Crippen LogP contribution is 2.33. The Morgan fingerprint density at radius 3 is 2.84 bits per heavy atom. The van der Waals surface area contributed by atoms with Gasteiger partial charge in [-0.25, -0.2) is 14.3 Å². The van der Waals surface area contributed by atoms with Gasteiger partial charge in [-0.2, -0.15) is 18.3 Å². The smallest absolute Gasteiger partial charge is 0.433 e. The minimum atomic E-state index is -4.64. The summed E-state index contributed by atoms with van der Waals surface area (Å²) in [5.74, 6) is -0.729. The maximum atomic E-state index is 13.4. The van der Waals surface area contributed by atoms with Crippen LogP contribution in [0, 0.1) is 0 Å². The Bertz CT molecular complexity index is 888. The van der Waals surface area contributed by atoms with Crippen LogP contribution in [-0.2, 0) is 10.9 Å². The van der Waals surface area contributed by atoms with Crippen molar-refractivity contribution in [1.29, 1.82) is 0 Å². The van der Waals surface area contributed by atoms with Crippen molar-refractivity contribution in [2.45, 2.75) is 25.9 Å². The van der Waals surface area contributed by atoms with Gasteiger partial charge in [-0.1, -0.05) is 19.4 Å². The summed E-state index contributed by atoms with van der Waals surface area (Å²) >= 11 is 1.26.